The third kappa shape index (κ3) is 4.16. The standard InChI is InChI=1S/C22H20N2O2S2/c1-13-6-8-16(9-7-13)18(26)12-28-22-17(11-23)21(19-5-4-10-27-19)20(15(3)25)14(2)24-22/h4-10,17,21H,12H2,1-3H3/t17?,21-/m1/s1. The Morgan fingerprint density at radius 3 is 2.50 bits per heavy atom. The van der Waals surface area contributed by atoms with Crippen LogP contribution >= 0.6 is 23.1 Å². The molecule has 1 aromatic heterocycles. The SMILES string of the molecule is CC(=O)C1=C(C)N=C(SCC(=O)c2ccc(C)cc2)C(C#N)[C@@H]1c1cccs1. The van der Waals surface area contributed by atoms with E-state index in [4.69, 9.17) is 0 Å². The average molecular weight is 409 g/mol. The largest absolute Gasteiger partial charge is 0.295 e. The lowest BCUT2D eigenvalue weighted by Crippen LogP contribution is -2.28. The highest BCUT2D eigenvalue weighted by Crippen LogP contribution is 2.42. The molecule has 0 fully saturated rings. The highest BCUT2D eigenvalue weighted by Gasteiger charge is 2.38. The number of hydrogen-bond donors (Lipinski definition) is 0. The first kappa shape index (κ1) is 20.2. The number of benzene rings is 1. The van der Waals surface area contributed by atoms with Gasteiger partial charge in [-0.25, -0.2) is 4.99 Å². The maximum Gasteiger partial charge on any atom is 0.173 e. The summed E-state index contributed by atoms with van der Waals surface area (Å²) < 4.78 is 0. The quantitative estimate of drug-likeness (QED) is 0.640. The number of rotatable bonds is 5. The van der Waals surface area contributed by atoms with E-state index in [-0.39, 0.29) is 23.2 Å². The van der Waals surface area contributed by atoms with Crippen molar-refractivity contribution >= 4 is 39.7 Å². The second-order valence-corrected chi connectivity index (χ2v) is 8.66. The van der Waals surface area contributed by atoms with Crippen LogP contribution in [0.4, 0.5) is 0 Å². The van der Waals surface area contributed by atoms with Crippen LogP contribution in [0, 0.1) is 24.2 Å². The Morgan fingerprint density at radius 2 is 1.93 bits per heavy atom. The van der Waals surface area contributed by atoms with E-state index < -0.39 is 5.92 Å². The zero-order chi connectivity index (χ0) is 20.3. The van der Waals surface area contributed by atoms with Gasteiger partial charge in [0.2, 0.25) is 0 Å². The minimum Gasteiger partial charge on any atom is -0.295 e. The minimum atomic E-state index is -0.572. The van der Waals surface area contributed by atoms with Crippen LogP contribution in [0.2, 0.25) is 0 Å². The summed E-state index contributed by atoms with van der Waals surface area (Å²) in [6.07, 6.45) is 0. The lowest BCUT2D eigenvalue weighted by atomic mass is 9.81. The van der Waals surface area contributed by atoms with Gasteiger partial charge >= 0.3 is 0 Å². The van der Waals surface area contributed by atoms with Crippen molar-refractivity contribution in [3.63, 3.8) is 0 Å². The molecule has 2 aromatic rings. The van der Waals surface area contributed by atoms with E-state index in [9.17, 15) is 14.9 Å². The van der Waals surface area contributed by atoms with Gasteiger partial charge in [0.05, 0.1) is 16.9 Å². The second-order valence-electron chi connectivity index (χ2n) is 6.68. The highest BCUT2D eigenvalue weighted by molar-refractivity contribution is 8.14. The molecule has 1 aliphatic heterocycles. The Labute approximate surface area is 173 Å². The fraction of sp³-hybridized carbons (Fsp3) is 0.273. The Hall–Kier alpha value is -2.49. The first-order chi connectivity index (χ1) is 13.4. The molecule has 1 aliphatic rings. The molecule has 28 heavy (non-hydrogen) atoms. The summed E-state index contributed by atoms with van der Waals surface area (Å²) in [4.78, 5) is 30.3. The molecule has 6 heteroatoms. The van der Waals surface area contributed by atoms with Crippen LogP contribution < -0.4 is 0 Å². The summed E-state index contributed by atoms with van der Waals surface area (Å²) in [6.45, 7) is 5.29. The number of Topliss-reactive ketones (excluding diaryl/α,β-unsaturated/α-hetero) is 2. The molecule has 0 amide bonds. The number of nitrogens with zero attached hydrogens (tertiary/aromatic N) is 2. The third-order valence-electron chi connectivity index (χ3n) is 4.67. The smallest absolute Gasteiger partial charge is 0.173 e. The van der Waals surface area contributed by atoms with Crippen LogP contribution in [-0.2, 0) is 4.79 Å². The predicted molar refractivity (Wildman–Crippen MR) is 115 cm³/mol. The van der Waals surface area contributed by atoms with Crippen molar-refractivity contribution in [1.29, 1.82) is 5.26 Å². The molecule has 142 valence electrons. The summed E-state index contributed by atoms with van der Waals surface area (Å²) in [5, 5.41) is 12.4. The Balaban J connectivity index is 1.88. The number of thiophene rings is 1. The molecule has 0 spiro atoms. The normalized spacial score (nSPS) is 19.1. The van der Waals surface area contributed by atoms with Gasteiger partial charge in [0.25, 0.3) is 0 Å². The number of thioether (sulfide) groups is 1. The van der Waals surface area contributed by atoms with Crippen molar-refractivity contribution in [2.45, 2.75) is 26.7 Å². The molecule has 0 N–H and O–H groups in total. The number of nitriles is 1. The second kappa shape index (κ2) is 8.68. The minimum absolute atomic E-state index is 0.00365. The first-order valence-corrected chi connectivity index (χ1v) is 10.7. The summed E-state index contributed by atoms with van der Waals surface area (Å²) in [5.41, 5.74) is 2.96. The van der Waals surface area contributed by atoms with Crippen LogP contribution in [0.1, 0.15) is 40.6 Å². The van der Waals surface area contributed by atoms with E-state index in [1.165, 1.54) is 30.0 Å². The predicted octanol–water partition coefficient (Wildman–Crippen LogP) is 5.17. The Morgan fingerprint density at radius 1 is 1.21 bits per heavy atom. The molecule has 0 bridgehead atoms. The Bertz CT molecular complexity index is 996. The molecular weight excluding hydrogens is 388 g/mol. The van der Waals surface area contributed by atoms with Crippen LogP contribution in [-0.4, -0.2) is 22.4 Å². The van der Waals surface area contributed by atoms with Crippen molar-refractivity contribution < 1.29 is 9.59 Å². The summed E-state index contributed by atoms with van der Waals surface area (Å²) >= 11 is 2.82. The van der Waals surface area contributed by atoms with Crippen LogP contribution in [0.5, 0.6) is 0 Å². The van der Waals surface area contributed by atoms with Gasteiger partial charge in [-0.1, -0.05) is 35.9 Å². The molecule has 0 radical (unpaired) electrons. The van der Waals surface area contributed by atoms with Gasteiger partial charge in [-0.15, -0.1) is 23.1 Å². The van der Waals surface area contributed by atoms with Crippen LogP contribution in [0.25, 0.3) is 0 Å². The molecule has 0 saturated heterocycles. The number of hydrogen-bond acceptors (Lipinski definition) is 6. The summed E-state index contributed by atoms with van der Waals surface area (Å²) in [6, 6.07) is 13.6. The number of ketones is 2. The van der Waals surface area contributed by atoms with Crippen molar-refractivity contribution in [2.24, 2.45) is 10.9 Å². The van der Waals surface area contributed by atoms with Gasteiger partial charge < -0.3 is 0 Å². The highest BCUT2D eigenvalue weighted by atomic mass is 32.2. The first-order valence-electron chi connectivity index (χ1n) is 8.88. The Kier molecular flexibility index (Phi) is 6.28. The molecule has 2 atom stereocenters. The number of carbonyl (C=O) groups is 2. The van der Waals surface area contributed by atoms with Gasteiger partial charge in [-0.3, -0.25) is 9.59 Å². The van der Waals surface area contributed by atoms with Crippen LogP contribution in [0.3, 0.4) is 0 Å². The average Bonchev–Trinajstić information content (AvgIpc) is 3.20. The molecule has 2 heterocycles. The number of carbonyl (C=O) groups excluding carboxylic acids is 2. The maximum absolute atomic E-state index is 12.5. The van der Waals surface area contributed by atoms with Gasteiger partial charge in [0.15, 0.2) is 11.6 Å². The van der Waals surface area contributed by atoms with Crippen LogP contribution in [0.15, 0.2) is 58.0 Å². The molecule has 3 rings (SSSR count). The zero-order valence-electron chi connectivity index (χ0n) is 15.9. The fourth-order valence-electron chi connectivity index (χ4n) is 3.29. The third-order valence-corrected chi connectivity index (χ3v) is 6.67. The van der Waals surface area contributed by atoms with Crippen molar-refractivity contribution in [3.8, 4) is 6.07 Å². The van der Waals surface area contributed by atoms with Crippen molar-refractivity contribution in [1.82, 2.24) is 0 Å². The molecule has 0 aliphatic carbocycles. The van der Waals surface area contributed by atoms with E-state index in [0.717, 1.165) is 10.4 Å². The van der Waals surface area contributed by atoms with Gasteiger partial charge in [-0.05, 0) is 32.2 Å². The number of aryl methyl sites for hydroxylation is 1. The number of allylic oxidation sites excluding steroid dienone is 2. The van der Waals surface area contributed by atoms with E-state index in [1.54, 1.807) is 6.92 Å². The molecule has 0 saturated carbocycles. The lowest BCUT2D eigenvalue weighted by Gasteiger charge is -2.28. The van der Waals surface area contributed by atoms with E-state index in [0.29, 0.717) is 21.9 Å². The molecule has 1 aromatic carbocycles. The zero-order valence-corrected chi connectivity index (χ0v) is 17.6. The number of aliphatic imine (C=N–C) groups is 1. The van der Waals surface area contributed by atoms with E-state index in [1.807, 2.05) is 48.7 Å². The molecule has 1 unspecified atom stereocenters. The lowest BCUT2D eigenvalue weighted by molar-refractivity contribution is -0.114. The van der Waals surface area contributed by atoms with Gasteiger partial charge in [0, 0.05) is 27.6 Å². The van der Waals surface area contributed by atoms with Crippen molar-refractivity contribution in [3.05, 3.63) is 69.1 Å². The molecule has 4 nitrogen and oxygen atoms in total. The molecular formula is C22H20N2O2S2. The van der Waals surface area contributed by atoms with E-state index >= 15 is 0 Å². The van der Waals surface area contributed by atoms with Gasteiger partial charge in [-0.2, -0.15) is 5.26 Å². The topological polar surface area (TPSA) is 70.3 Å². The summed E-state index contributed by atoms with van der Waals surface area (Å²) in [5.74, 6) is -0.773. The summed E-state index contributed by atoms with van der Waals surface area (Å²) in [7, 11) is 0. The van der Waals surface area contributed by atoms with Crippen molar-refractivity contribution in [2.75, 3.05) is 5.75 Å². The maximum atomic E-state index is 12.5. The monoisotopic (exact) mass is 408 g/mol. The fourth-order valence-corrected chi connectivity index (χ4v) is 5.18. The van der Waals surface area contributed by atoms with Gasteiger partial charge in [0.1, 0.15) is 5.92 Å². The van der Waals surface area contributed by atoms with E-state index in [2.05, 4.69) is 11.1 Å².